The second-order valence-electron chi connectivity index (χ2n) is 2.73. The molecule has 0 unspecified atom stereocenters. The molecule has 3 nitrogen and oxygen atoms in total. The van der Waals surface area contributed by atoms with Gasteiger partial charge in [0.1, 0.15) is 6.33 Å². The third-order valence-corrected chi connectivity index (χ3v) is 1.83. The van der Waals surface area contributed by atoms with Crippen molar-refractivity contribution in [3.63, 3.8) is 0 Å². The lowest BCUT2D eigenvalue weighted by molar-refractivity contribution is 0.983. The van der Waals surface area contributed by atoms with Crippen molar-refractivity contribution >= 4 is 11.0 Å². The molecule has 0 aliphatic rings. The molecule has 0 aliphatic carbocycles. The van der Waals surface area contributed by atoms with Gasteiger partial charge in [0.05, 0.1) is 11.0 Å². The van der Waals surface area contributed by atoms with Crippen LogP contribution < -0.4 is 5.43 Å². The summed E-state index contributed by atoms with van der Waals surface area (Å²) in [5.74, 6) is 0. The SMILES string of the molecule is C/C=C\Nn1cnc2ccccc21. The fourth-order valence-electron chi connectivity index (χ4n) is 1.22. The maximum Gasteiger partial charge on any atom is 0.116 e. The molecule has 13 heavy (non-hydrogen) atoms. The van der Waals surface area contributed by atoms with Crippen molar-refractivity contribution in [1.29, 1.82) is 0 Å². The zero-order chi connectivity index (χ0) is 9.10. The van der Waals surface area contributed by atoms with E-state index in [1.165, 1.54) is 0 Å². The molecule has 1 N–H and O–H groups in total. The first-order chi connectivity index (χ1) is 6.42. The Labute approximate surface area is 76.7 Å². The zero-order valence-electron chi connectivity index (χ0n) is 7.44. The minimum absolute atomic E-state index is 1.000. The molecule has 0 aliphatic heterocycles. The highest BCUT2D eigenvalue weighted by atomic mass is 15.4. The van der Waals surface area contributed by atoms with Crippen molar-refractivity contribution in [3.05, 3.63) is 42.9 Å². The molecule has 66 valence electrons. The lowest BCUT2D eigenvalue weighted by atomic mass is 10.3. The molecule has 3 heteroatoms. The Bertz CT molecular complexity index is 428. The Morgan fingerprint density at radius 2 is 2.23 bits per heavy atom. The number of fused-ring (bicyclic) bond motifs is 1. The van der Waals surface area contributed by atoms with Gasteiger partial charge in [0.15, 0.2) is 0 Å². The molecule has 0 radical (unpaired) electrons. The van der Waals surface area contributed by atoms with Crippen LogP contribution in [0.3, 0.4) is 0 Å². The van der Waals surface area contributed by atoms with Crippen molar-refractivity contribution in [2.45, 2.75) is 6.92 Å². The average molecular weight is 173 g/mol. The molecule has 0 spiro atoms. The van der Waals surface area contributed by atoms with Crippen molar-refractivity contribution < 1.29 is 0 Å². The second kappa shape index (κ2) is 3.31. The highest BCUT2D eigenvalue weighted by Gasteiger charge is 1.97. The van der Waals surface area contributed by atoms with E-state index in [1.807, 2.05) is 48.1 Å². The number of benzene rings is 1. The van der Waals surface area contributed by atoms with Gasteiger partial charge in [-0.3, -0.25) is 0 Å². The van der Waals surface area contributed by atoms with Gasteiger partial charge in [-0.05, 0) is 19.1 Å². The van der Waals surface area contributed by atoms with Crippen LogP contribution in [0.15, 0.2) is 42.9 Å². The van der Waals surface area contributed by atoms with Gasteiger partial charge >= 0.3 is 0 Å². The molecule has 0 saturated heterocycles. The van der Waals surface area contributed by atoms with Gasteiger partial charge in [0.25, 0.3) is 0 Å². The Balaban J connectivity index is 2.45. The summed E-state index contributed by atoms with van der Waals surface area (Å²) in [5.41, 5.74) is 5.17. The molecule has 1 aromatic carbocycles. The van der Waals surface area contributed by atoms with E-state index in [-0.39, 0.29) is 0 Å². The Morgan fingerprint density at radius 3 is 3.08 bits per heavy atom. The number of hydrogen-bond acceptors (Lipinski definition) is 2. The number of hydrogen-bond donors (Lipinski definition) is 1. The first kappa shape index (κ1) is 7.86. The molecule has 1 aromatic heterocycles. The van der Waals surface area contributed by atoms with Gasteiger partial charge in [0.2, 0.25) is 0 Å². The topological polar surface area (TPSA) is 29.9 Å². The number of rotatable bonds is 2. The minimum Gasteiger partial charge on any atom is -0.300 e. The van der Waals surface area contributed by atoms with Crippen LogP contribution in [0.25, 0.3) is 11.0 Å². The second-order valence-corrected chi connectivity index (χ2v) is 2.73. The lowest BCUT2D eigenvalue weighted by Crippen LogP contribution is -2.05. The van der Waals surface area contributed by atoms with Gasteiger partial charge < -0.3 is 5.43 Å². The van der Waals surface area contributed by atoms with Crippen LogP contribution in [0.5, 0.6) is 0 Å². The van der Waals surface area contributed by atoms with E-state index < -0.39 is 0 Å². The number of imidazole rings is 1. The first-order valence-electron chi connectivity index (χ1n) is 4.21. The summed E-state index contributed by atoms with van der Waals surface area (Å²) in [6.45, 7) is 1.96. The van der Waals surface area contributed by atoms with Gasteiger partial charge in [-0.15, -0.1) is 0 Å². The van der Waals surface area contributed by atoms with E-state index in [2.05, 4.69) is 10.4 Å². The number of para-hydroxylation sites is 2. The third-order valence-electron chi connectivity index (χ3n) is 1.83. The van der Waals surface area contributed by atoms with Crippen LogP contribution >= 0.6 is 0 Å². The van der Waals surface area contributed by atoms with Crippen LogP contribution in [0.1, 0.15) is 6.92 Å². The molecule has 2 rings (SSSR count). The quantitative estimate of drug-likeness (QED) is 0.753. The Hall–Kier alpha value is -1.77. The summed E-state index contributed by atoms with van der Waals surface area (Å²) in [5, 5.41) is 0. The van der Waals surface area contributed by atoms with Crippen LogP contribution in [-0.2, 0) is 0 Å². The standard InChI is InChI=1S/C10H11N3/c1-2-7-12-13-8-11-9-5-3-4-6-10(9)13/h2-8,12H,1H3/b7-2-. The Kier molecular flexibility index (Phi) is 2.00. The summed E-state index contributed by atoms with van der Waals surface area (Å²) in [6.07, 6.45) is 5.58. The highest BCUT2D eigenvalue weighted by molar-refractivity contribution is 5.75. The maximum atomic E-state index is 4.24. The molecule has 0 bridgehead atoms. The number of allylic oxidation sites excluding steroid dienone is 1. The average Bonchev–Trinajstić information content (AvgIpc) is 2.58. The predicted octanol–water partition coefficient (Wildman–Crippen LogP) is 2.11. The van der Waals surface area contributed by atoms with E-state index in [0.29, 0.717) is 0 Å². The first-order valence-corrected chi connectivity index (χ1v) is 4.21. The fraction of sp³-hybridized carbons (Fsp3) is 0.100. The summed E-state index contributed by atoms with van der Waals surface area (Å²) >= 11 is 0. The molecule has 0 atom stereocenters. The van der Waals surface area contributed by atoms with Gasteiger partial charge in [-0.25, -0.2) is 9.66 Å². The molecule has 1 heterocycles. The third kappa shape index (κ3) is 1.40. The highest BCUT2D eigenvalue weighted by Crippen LogP contribution is 2.09. The van der Waals surface area contributed by atoms with Crippen molar-refractivity contribution in [2.24, 2.45) is 0 Å². The van der Waals surface area contributed by atoms with E-state index in [9.17, 15) is 0 Å². The number of nitrogens with zero attached hydrogens (tertiary/aromatic N) is 2. The van der Waals surface area contributed by atoms with Crippen LogP contribution in [-0.4, -0.2) is 9.66 Å². The minimum atomic E-state index is 1.000. The van der Waals surface area contributed by atoms with E-state index in [1.54, 1.807) is 6.33 Å². The molecule has 0 amide bonds. The fourth-order valence-corrected chi connectivity index (χ4v) is 1.22. The summed E-state index contributed by atoms with van der Waals surface area (Å²) in [6, 6.07) is 8.00. The van der Waals surface area contributed by atoms with Gasteiger partial charge in [-0.1, -0.05) is 18.2 Å². The van der Waals surface area contributed by atoms with Gasteiger partial charge in [0, 0.05) is 6.20 Å². The summed E-state index contributed by atoms with van der Waals surface area (Å²) < 4.78 is 1.88. The normalized spacial score (nSPS) is 11.2. The smallest absolute Gasteiger partial charge is 0.116 e. The molecular formula is C10H11N3. The van der Waals surface area contributed by atoms with E-state index in [0.717, 1.165) is 11.0 Å². The van der Waals surface area contributed by atoms with Crippen LogP contribution in [0.2, 0.25) is 0 Å². The number of aromatic nitrogens is 2. The van der Waals surface area contributed by atoms with Crippen molar-refractivity contribution in [2.75, 3.05) is 5.43 Å². The monoisotopic (exact) mass is 173 g/mol. The zero-order valence-corrected chi connectivity index (χ0v) is 7.44. The van der Waals surface area contributed by atoms with E-state index in [4.69, 9.17) is 0 Å². The number of nitrogens with one attached hydrogen (secondary N) is 1. The van der Waals surface area contributed by atoms with Gasteiger partial charge in [-0.2, -0.15) is 0 Å². The molecule has 0 saturated carbocycles. The van der Waals surface area contributed by atoms with Crippen molar-refractivity contribution in [1.82, 2.24) is 9.66 Å². The largest absolute Gasteiger partial charge is 0.300 e. The summed E-state index contributed by atoms with van der Waals surface area (Å²) in [7, 11) is 0. The van der Waals surface area contributed by atoms with E-state index >= 15 is 0 Å². The molecular weight excluding hydrogens is 162 g/mol. The molecule has 2 aromatic rings. The van der Waals surface area contributed by atoms with Crippen molar-refractivity contribution in [3.8, 4) is 0 Å². The molecule has 0 fully saturated rings. The lowest BCUT2D eigenvalue weighted by Gasteiger charge is -2.01. The van der Waals surface area contributed by atoms with Crippen LogP contribution in [0, 0.1) is 0 Å². The predicted molar refractivity (Wildman–Crippen MR) is 53.9 cm³/mol. The maximum absolute atomic E-state index is 4.24. The van der Waals surface area contributed by atoms with Crippen LogP contribution in [0.4, 0.5) is 0 Å². The summed E-state index contributed by atoms with van der Waals surface area (Å²) in [4.78, 5) is 4.24. The Morgan fingerprint density at radius 1 is 1.38 bits per heavy atom.